The van der Waals surface area contributed by atoms with Crippen LogP contribution in [-0.4, -0.2) is 24.3 Å². The Kier molecular flexibility index (Phi) is 9.22. The molecule has 1 aromatic heterocycles. The van der Waals surface area contributed by atoms with Crippen molar-refractivity contribution in [2.75, 3.05) is 13.7 Å². The zero-order valence-electron chi connectivity index (χ0n) is 22.8. The zero-order chi connectivity index (χ0) is 30.0. The summed E-state index contributed by atoms with van der Waals surface area (Å²) in [4.78, 5) is 32.1. The van der Waals surface area contributed by atoms with E-state index in [1.807, 2.05) is 30.3 Å². The van der Waals surface area contributed by atoms with E-state index >= 15 is 0 Å². The van der Waals surface area contributed by atoms with E-state index in [9.17, 15) is 9.59 Å². The highest BCUT2D eigenvalue weighted by Gasteiger charge is 2.34. The Morgan fingerprint density at radius 1 is 1.12 bits per heavy atom. The molecule has 2 heterocycles. The first-order valence-corrected chi connectivity index (χ1v) is 15.3. The van der Waals surface area contributed by atoms with Crippen LogP contribution in [0.3, 0.4) is 0 Å². The Hall–Kier alpha value is -3.37. The van der Waals surface area contributed by atoms with Crippen LogP contribution in [0.15, 0.2) is 86.2 Å². The highest BCUT2D eigenvalue weighted by molar-refractivity contribution is 9.10. The summed E-state index contributed by atoms with van der Waals surface area (Å²) < 4.78 is 19.6. The summed E-state index contributed by atoms with van der Waals surface area (Å²) in [5, 5.41) is 1.03. The zero-order valence-corrected chi connectivity index (χ0v) is 26.7. The van der Waals surface area contributed by atoms with E-state index in [1.54, 1.807) is 57.4 Å². The van der Waals surface area contributed by atoms with Gasteiger partial charge in [0.15, 0.2) is 16.3 Å². The van der Waals surface area contributed by atoms with E-state index in [0.717, 1.165) is 5.56 Å². The van der Waals surface area contributed by atoms with Crippen LogP contribution in [0.25, 0.3) is 6.08 Å². The molecule has 42 heavy (non-hydrogen) atoms. The first-order chi connectivity index (χ1) is 20.2. The molecule has 3 aromatic carbocycles. The molecule has 11 heteroatoms. The average molecular weight is 688 g/mol. The van der Waals surface area contributed by atoms with Gasteiger partial charge in [0.05, 0.1) is 34.0 Å². The largest absolute Gasteiger partial charge is 0.493 e. The van der Waals surface area contributed by atoms with Gasteiger partial charge in [-0.3, -0.25) is 9.36 Å². The molecule has 0 radical (unpaired) electrons. The van der Waals surface area contributed by atoms with Gasteiger partial charge < -0.3 is 14.2 Å². The number of rotatable bonds is 8. The Labute approximate surface area is 264 Å². The number of aromatic nitrogens is 1. The lowest BCUT2D eigenvalue weighted by Gasteiger charge is -2.25. The summed E-state index contributed by atoms with van der Waals surface area (Å²) in [6.07, 6.45) is 1.75. The molecule has 4 aromatic rings. The summed E-state index contributed by atoms with van der Waals surface area (Å²) in [6, 6.07) is 17.4. The summed E-state index contributed by atoms with van der Waals surface area (Å²) in [5.41, 5.74) is 2.57. The summed E-state index contributed by atoms with van der Waals surface area (Å²) >= 11 is 17.7. The second-order valence-corrected chi connectivity index (χ2v) is 11.9. The Balaban J connectivity index is 1.59. The van der Waals surface area contributed by atoms with E-state index in [0.29, 0.717) is 52.2 Å². The van der Waals surface area contributed by atoms with Gasteiger partial charge in [0.25, 0.3) is 5.56 Å². The van der Waals surface area contributed by atoms with Gasteiger partial charge >= 0.3 is 5.97 Å². The van der Waals surface area contributed by atoms with Gasteiger partial charge in [0.1, 0.15) is 12.6 Å². The van der Waals surface area contributed by atoms with Crippen molar-refractivity contribution in [3.05, 3.63) is 123 Å². The molecule has 0 unspecified atom stereocenters. The molecule has 0 fully saturated rings. The van der Waals surface area contributed by atoms with Crippen LogP contribution in [0.2, 0.25) is 10.0 Å². The van der Waals surface area contributed by atoms with Gasteiger partial charge in [-0.05, 0) is 71.2 Å². The molecule has 216 valence electrons. The highest BCUT2D eigenvalue weighted by atomic mass is 79.9. The van der Waals surface area contributed by atoms with Crippen molar-refractivity contribution < 1.29 is 19.0 Å². The van der Waals surface area contributed by atoms with Crippen molar-refractivity contribution in [1.29, 1.82) is 0 Å². The minimum Gasteiger partial charge on any atom is -0.493 e. The molecule has 0 N–H and O–H groups in total. The van der Waals surface area contributed by atoms with E-state index in [-0.39, 0.29) is 24.3 Å². The molecule has 0 bridgehead atoms. The number of esters is 1. The number of ether oxygens (including phenoxy) is 3. The minimum atomic E-state index is -0.794. The number of nitrogens with zero attached hydrogens (tertiary/aromatic N) is 2. The van der Waals surface area contributed by atoms with Crippen molar-refractivity contribution in [1.82, 2.24) is 4.57 Å². The lowest BCUT2D eigenvalue weighted by molar-refractivity contribution is -0.139. The summed E-state index contributed by atoms with van der Waals surface area (Å²) in [6.45, 7) is 3.89. The number of halogens is 3. The fourth-order valence-corrected chi connectivity index (χ4v) is 6.71. The van der Waals surface area contributed by atoms with Crippen molar-refractivity contribution in [2.24, 2.45) is 4.99 Å². The summed E-state index contributed by atoms with van der Waals surface area (Å²) in [7, 11) is 1.55. The third kappa shape index (κ3) is 5.92. The van der Waals surface area contributed by atoms with Crippen molar-refractivity contribution in [2.45, 2.75) is 26.5 Å². The van der Waals surface area contributed by atoms with Crippen LogP contribution in [-0.2, 0) is 16.1 Å². The van der Waals surface area contributed by atoms with Gasteiger partial charge in [0, 0.05) is 15.6 Å². The topological polar surface area (TPSA) is 79.1 Å². The van der Waals surface area contributed by atoms with Gasteiger partial charge in [-0.15, -0.1) is 0 Å². The number of benzene rings is 3. The van der Waals surface area contributed by atoms with E-state index in [2.05, 4.69) is 20.9 Å². The molecule has 0 spiro atoms. The number of thiazole rings is 1. The first-order valence-electron chi connectivity index (χ1n) is 12.9. The maximum atomic E-state index is 13.9. The van der Waals surface area contributed by atoms with Gasteiger partial charge in [-0.2, -0.15) is 0 Å². The number of methoxy groups -OCH3 is 1. The van der Waals surface area contributed by atoms with Crippen LogP contribution in [0, 0.1) is 0 Å². The lowest BCUT2D eigenvalue weighted by Crippen LogP contribution is -2.40. The molecule has 1 atom stereocenters. The van der Waals surface area contributed by atoms with Gasteiger partial charge in [0.2, 0.25) is 0 Å². The monoisotopic (exact) mass is 686 g/mol. The fourth-order valence-electron chi connectivity index (χ4n) is 4.66. The normalized spacial score (nSPS) is 14.8. The predicted molar refractivity (Wildman–Crippen MR) is 168 cm³/mol. The molecule has 7 nitrogen and oxygen atoms in total. The van der Waals surface area contributed by atoms with Gasteiger partial charge in [-0.1, -0.05) is 70.9 Å². The number of allylic oxidation sites excluding steroid dienone is 1. The lowest BCUT2D eigenvalue weighted by atomic mass is 9.96. The molecular formula is C31H25BrCl2N2O5S. The molecule has 1 aliphatic rings. The summed E-state index contributed by atoms with van der Waals surface area (Å²) in [5.74, 6) is 0.438. The number of hydrogen-bond donors (Lipinski definition) is 0. The Morgan fingerprint density at radius 2 is 1.83 bits per heavy atom. The van der Waals surface area contributed by atoms with Crippen LogP contribution in [0.4, 0.5) is 0 Å². The Morgan fingerprint density at radius 3 is 2.52 bits per heavy atom. The third-order valence-electron chi connectivity index (χ3n) is 6.60. The quantitative estimate of drug-likeness (QED) is 0.199. The van der Waals surface area contributed by atoms with E-state index in [4.69, 9.17) is 37.4 Å². The van der Waals surface area contributed by atoms with Crippen molar-refractivity contribution in [3.8, 4) is 11.5 Å². The smallest absolute Gasteiger partial charge is 0.338 e. The molecule has 0 amide bonds. The van der Waals surface area contributed by atoms with Gasteiger partial charge in [-0.25, -0.2) is 9.79 Å². The molecule has 1 aliphatic heterocycles. The molecule has 0 saturated carbocycles. The molecule has 0 aliphatic carbocycles. The van der Waals surface area contributed by atoms with Crippen LogP contribution in [0.5, 0.6) is 11.5 Å². The molecule has 5 rings (SSSR count). The Bertz CT molecular complexity index is 1900. The molecule has 0 saturated heterocycles. The molecular weight excluding hydrogens is 663 g/mol. The number of carbonyl (C=O) groups excluding carboxylic acids is 1. The van der Waals surface area contributed by atoms with Crippen molar-refractivity contribution in [3.63, 3.8) is 0 Å². The number of fused-ring (bicyclic) bond motifs is 1. The maximum Gasteiger partial charge on any atom is 0.338 e. The number of hydrogen-bond acceptors (Lipinski definition) is 7. The average Bonchev–Trinajstić information content (AvgIpc) is 3.26. The van der Waals surface area contributed by atoms with E-state index < -0.39 is 12.0 Å². The maximum absolute atomic E-state index is 13.9. The number of carbonyl (C=O) groups is 1. The highest BCUT2D eigenvalue weighted by Crippen LogP contribution is 2.38. The van der Waals surface area contributed by atoms with Crippen LogP contribution in [0.1, 0.15) is 36.6 Å². The second kappa shape index (κ2) is 12.9. The van der Waals surface area contributed by atoms with Crippen LogP contribution >= 0.6 is 50.5 Å². The SMILES string of the molecule is CCOC(=O)C1=C(C)N=c2s/c(=C\c3cc(Br)c(OCc4ccccc4Cl)c(OC)c3)c(=O)n2[C@@H]1c1ccccc1Cl. The minimum absolute atomic E-state index is 0.185. The second-order valence-electron chi connectivity index (χ2n) is 9.24. The third-order valence-corrected chi connectivity index (χ3v) is 8.88. The van der Waals surface area contributed by atoms with Crippen molar-refractivity contribution >= 4 is 62.5 Å². The standard InChI is InChI=1S/C31H25BrCl2N2O5S/c1-4-40-30(38)26-17(2)35-31-36(27(26)20-10-6-8-12-23(20)34)29(37)25(42-31)15-18-13-21(32)28(24(14-18)39-3)41-16-19-9-5-7-11-22(19)33/h5-15,27H,4,16H2,1-3H3/b25-15-/t27-/m1/s1. The fraction of sp³-hybridized carbons (Fsp3) is 0.194. The first kappa shape index (κ1) is 30.1. The van der Waals surface area contributed by atoms with Crippen LogP contribution < -0.4 is 24.4 Å². The van der Waals surface area contributed by atoms with E-state index in [1.165, 1.54) is 15.9 Å². The predicted octanol–water partition coefficient (Wildman–Crippen LogP) is 6.46.